The Bertz CT molecular complexity index is 613. The molecule has 1 atom stereocenters. The van der Waals surface area contributed by atoms with Crippen LogP contribution in [0, 0.1) is 0 Å². The summed E-state index contributed by atoms with van der Waals surface area (Å²) in [5.74, 6) is -0.353. The van der Waals surface area contributed by atoms with Crippen molar-refractivity contribution in [3.05, 3.63) is 46.9 Å². The van der Waals surface area contributed by atoms with Crippen LogP contribution in [0.25, 0.3) is 0 Å². The lowest BCUT2D eigenvalue weighted by atomic mass is 10.2. The molecule has 1 aromatic carbocycles. The molecule has 0 bridgehead atoms. The molecule has 102 valence electrons. The minimum absolute atomic E-state index is 0.164. The second-order valence-corrected chi connectivity index (χ2v) is 5.48. The van der Waals surface area contributed by atoms with Crippen LogP contribution in [0.4, 0.5) is 5.69 Å². The highest BCUT2D eigenvalue weighted by molar-refractivity contribution is 7.09. The Kier molecular flexibility index (Phi) is 3.58. The number of carbonyl (C=O) groups excluding carboxylic acids is 2. The number of benzene rings is 1. The molecular formula is C14H13N3O2S. The third-order valence-corrected chi connectivity index (χ3v) is 3.95. The van der Waals surface area contributed by atoms with Gasteiger partial charge in [0.15, 0.2) is 0 Å². The average Bonchev–Trinajstić information content (AvgIpc) is 3.06. The van der Waals surface area contributed by atoms with Crippen LogP contribution in [0.2, 0.25) is 0 Å². The van der Waals surface area contributed by atoms with Crippen molar-refractivity contribution in [1.82, 2.24) is 10.3 Å². The Hall–Kier alpha value is -2.05. The number of amides is 2. The van der Waals surface area contributed by atoms with Crippen LogP contribution in [-0.2, 0) is 16.1 Å². The first-order chi connectivity index (χ1) is 9.75. The number of carbonyl (C=O) groups is 2. The number of nitrogens with zero attached hydrogens (tertiary/aromatic N) is 2. The molecule has 2 aromatic rings. The lowest BCUT2D eigenvalue weighted by Crippen LogP contribution is -2.38. The summed E-state index contributed by atoms with van der Waals surface area (Å²) in [7, 11) is 0. The fraction of sp³-hybridized carbons (Fsp3) is 0.214. The first kappa shape index (κ1) is 13.0. The van der Waals surface area contributed by atoms with Gasteiger partial charge in [0, 0.05) is 17.6 Å². The zero-order valence-corrected chi connectivity index (χ0v) is 11.5. The van der Waals surface area contributed by atoms with E-state index in [0.717, 1.165) is 4.88 Å². The van der Waals surface area contributed by atoms with E-state index >= 15 is 0 Å². The molecule has 0 aliphatic carbocycles. The van der Waals surface area contributed by atoms with Crippen molar-refractivity contribution in [3.63, 3.8) is 0 Å². The molecule has 1 aromatic heterocycles. The predicted octanol–water partition coefficient (Wildman–Crippen LogP) is 1.56. The quantitative estimate of drug-likeness (QED) is 0.867. The van der Waals surface area contributed by atoms with Crippen molar-refractivity contribution in [2.24, 2.45) is 0 Å². The number of aromatic nitrogens is 1. The zero-order valence-electron chi connectivity index (χ0n) is 10.7. The van der Waals surface area contributed by atoms with E-state index in [1.165, 1.54) is 16.2 Å². The first-order valence-corrected chi connectivity index (χ1v) is 7.16. The number of imide groups is 1. The second-order valence-electron chi connectivity index (χ2n) is 4.51. The smallest absolute Gasteiger partial charge is 0.251 e. The molecule has 1 N–H and O–H groups in total. The van der Waals surface area contributed by atoms with Gasteiger partial charge in [0.05, 0.1) is 23.7 Å². The molecule has 20 heavy (non-hydrogen) atoms. The van der Waals surface area contributed by atoms with Crippen LogP contribution in [0.5, 0.6) is 0 Å². The third-order valence-electron chi connectivity index (χ3n) is 3.17. The summed E-state index contributed by atoms with van der Waals surface area (Å²) in [4.78, 5) is 30.6. The number of hydrogen-bond donors (Lipinski definition) is 1. The van der Waals surface area contributed by atoms with Gasteiger partial charge in [-0.2, -0.15) is 0 Å². The van der Waals surface area contributed by atoms with Crippen LogP contribution >= 0.6 is 11.3 Å². The van der Waals surface area contributed by atoms with E-state index in [9.17, 15) is 9.59 Å². The number of anilines is 1. The fourth-order valence-corrected chi connectivity index (χ4v) is 2.74. The van der Waals surface area contributed by atoms with E-state index < -0.39 is 6.04 Å². The Morgan fingerprint density at radius 1 is 1.30 bits per heavy atom. The molecule has 1 aliphatic rings. The number of para-hydroxylation sites is 1. The van der Waals surface area contributed by atoms with Gasteiger partial charge < -0.3 is 5.32 Å². The first-order valence-electron chi connectivity index (χ1n) is 6.28. The van der Waals surface area contributed by atoms with E-state index in [1.807, 2.05) is 18.2 Å². The number of hydrogen-bond acceptors (Lipinski definition) is 5. The van der Waals surface area contributed by atoms with Crippen molar-refractivity contribution < 1.29 is 9.59 Å². The van der Waals surface area contributed by atoms with Crippen LogP contribution < -0.4 is 10.2 Å². The molecule has 1 aliphatic heterocycles. The van der Waals surface area contributed by atoms with Crippen molar-refractivity contribution in [3.8, 4) is 0 Å². The minimum atomic E-state index is -0.454. The van der Waals surface area contributed by atoms with Gasteiger partial charge in [-0.25, -0.2) is 4.90 Å². The monoisotopic (exact) mass is 287 g/mol. The third kappa shape index (κ3) is 2.48. The maximum absolute atomic E-state index is 12.3. The fourth-order valence-electron chi connectivity index (χ4n) is 2.19. The summed E-state index contributed by atoms with van der Waals surface area (Å²) in [6.07, 6.45) is 1.96. The Balaban J connectivity index is 1.70. The van der Waals surface area contributed by atoms with E-state index in [0.29, 0.717) is 12.2 Å². The standard InChI is InChI=1S/C14H13N3O2S/c18-13-6-12(16-8-11-7-15-9-20-11)14(19)17(13)10-4-2-1-3-5-10/h1-5,7,9,12,16H,6,8H2. The summed E-state index contributed by atoms with van der Waals surface area (Å²) in [6.45, 7) is 0.553. The van der Waals surface area contributed by atoms with E-state index in [4.69, 9.17) is 0 Å². The van der Waals surface area contributed by atoms with E-state index in [2.05, 4.69) is 10.3 Å². The van der Waals surface area contributed by atoms with Crippen LogP contribution in [0.3, 0.4) is 0 Å². The van der Waals surface area contributed by atoms with Crippen LogP contribution in [0.1, 0.15) is 11.3 Å². The normalized spacial score (nSPS) is 18.8. The minimum Gasteiger partial charge on any atom is -0.300 e. The molecule has 2 heterocycles. The lowest BCUT2D eigenvalue weighted by molar-refractivity contribution is -0.121. The Morgan fingerprint density at radius 2 is 2.10 bits per heavy atom. The molecule has 5 nitrogen and oxygen atoms in total. The van der Waals surface area contributed by atoms with Gasteiger partial charge in [0.1, 0.15) is 0 Å². The summed E-state index contributed by atoms with van der Waals surface area (Å²) in [5.41, 5.74) is 2.37. The molecular weight excluding hydrogens is 274 g/mol. The summed E-state index contributed by atoms with van der Waals surface area (Å²) < 4.78 is 0. The molecule has 1 fully saturated rings. The number of thiazole rings is 1. The highest BCUT2D eigenvalue weighted by Crippen LogP contribution is 2.22. The average molecular weight is 287 g/mol. The van der Waals surface area contributed by atoms with Crippen LogP contribution in [0.15, 0.2) is 42.0 Å². The van der Waals surface area contributed by atoms with Crippen molar-refractivity contribution in [2.75, 3.05) is 4.90 Å². The van der Waals surface area contributed by atoms with Crippen molar-refractivity contribution in [1.29, 1.82) is 0 Å². The van der Waals surface area contributed by atoms with E-state index in [-0.39, 0.29) is 18.2 Å². The molecule has 0 spiro atoms. The second kappa shape index (κ2) is 5.52. The summed E-state index contributed by atoms with van der Waals surface area (Å²) >= 11 is 1.52. The molecule has 1 saturated heterocycles. The molecule has 2 amide bonds. The highest BCUT2D eigenvalue weighted by Gasteiger charge is 2.39. The molecule has 0 saturated carbocycles. The number of nitrogens with one attached hydrogen (secondary N) is 1. The summed E-state index contributed by atoms with van der Waals surface area (Å²) in [5, 5.41) is 3.12. The summed E-state index contributed by atoms with van der Waals surface area (Å²) in [6, 6.07) is 8.56. The van der Waals surface area contributed by atoms with Gasteiger partial charge in [0.2, 0.25) is 5.91 Å². The lowest BCUT2D eigenvalue weighted by Gasteiger charge is -2.15. The van der Waals surface area contributed by atoms with Gasteiger partial charge in [-0.05, 0) is 12.1 Å². The van der Waals surface area contributed by atoms with Gasteiger partial charge >= 0.3 is 0 Å². The van der Waals surface area contributed by atoms with E-state index in [1.54, 1.807) is 23.8 Å². The maximum Gasteiger partial charge on any atom is 0.251 e. The van der Waals surface area contributed by atoms with Gasteiger partial charge in [-0.3, -0.25) is 14.6 Å². The largest absolute Gasteiger partial charge is 0.300 e. The molecule has 6 heteroatoms. The molecule has 3 rings (SSSR count). The van der Waals surface area contributed by atoms with Crippen LogP contribution in [-0.4, -0.2) is 22.8 Å². The zero-order chi connectivity index (χ0) is 13.9. The van der Waals surface area contributed by atoms with Gasteiger partial charge in [0.25, 0.3) is 5.91 Å². The van der Waals surface area contributed by atoms with Crippen molar-refractivity contribution >= 4 is 28.8 Å². The maximum atomic E-state index is 12.3. The topological polar surface area (TPSA) is 62.3 Å². The predicted molar refractivity (Wildman–Crippen MR) is 76.3 cm³/mol. The van der Waals surface area contributed by atoms with Gasteiger partial charge in [-0.15, -0.1) is 11.3 Å². The van der Waals surface area contributed by atoms with Gasteiger partial charge in [-0.1, -0.05) is 18.2 Å². The Labute approximate surface area is 120 Å². The Morgan fingerprint density at radius 3 is 2.80 bits per heavy atom. The highest BCUT2D eigenvalue weighted by atomic mass is 32.1. The molecule has 1 unspecified atom stereocenters. The number of rotatable bonds is 4. The SMILES string of the molecule is O=C1CC(NCc2cncs2)C(=O)N1c1ccccc1. The van der Waals surface area contributed by atoms with Crippen molar-refractivity contribution in [2.45, 2.75) is 19.0 Å². The molecule has 0 radical (unpaired) electrons.